The smallest absolute Gasteiger partial charge is 0.258 e. The van der Waals surface area contributed by atoms with Crippen LogP contribution in [0.2, 0.25) is 0 Å². The van der Waals surface area contributed by atoms with Crippen LogP contribution in [0.4, 0.5) is 0 Å². The van der Waals surface area contributed by atoms with Crippen molar-refractivity contribution in [2.75, 3.05) is 20.3 Å². The summed E-state index contributed by atoms with van der Waals surface area (Å²) >= 11 is 0. The van der Waals surface area contributed by atoms with Crippen LogP contribution < -0.4 is 10.8 Å². The number of hydrogen-bond donors (Lipinski definition) is 3. The number of carbonyl (C=O) groups excluding carboxylic acids is 2. The molecule has 3 N–H and O–H groups in total. The third-order valence-electron chi connectivity index (χ3n) is 4.46. The summed E-state index contributed by atoms with van der Waals surface area (Å²) < 4.78 is 0. The summed E-state index contributed by atoms with van der Waals surface area (Å²) in [6.07, 6.45) is 1.89. The van der Waals surface area contributed by atoms with Crippen LogP contribution in [0.25, 0.3) is 11.1 Å². The molecule has 0 bridgehead atoms. The summed E-state index contributed by atoms with van der Waals surface area (Å²) in [6, 6.07) is 16.5. The van der Waals surface area contributed by atoms with Crippen LogP contribution in [-0.4, -0.2) is 48.1 Å². The number of hydroxylamine groups is 1. The number of aliphatic hydroxyl groups is 1. The Hall–Kier alpha value is -3.16. The number of amides is 2. The molecule has 0 saturated carbocycles. The van der Waals surface area contributed by atoms with Crippen LogP contribution in [0.5, 0.6) is 0 Å². The van der Waals surface area contributed by atoms with Crippen LogP contribution in [-0.2, 0) is 9.63 Å². The molecule has 0 saturated heterocycles. The van der Waals surface area contributed by atoms with Gasteiger partial charge in [-0.3, -0.25) is 19.9 Å². The number of carbonyl (C=O) groups is 2. The second-order valence-corrected chi connectivity index (χ2v) is 6.35. The molecule has 0 unspecified atom stereocenters. The minimum atomic E-state index is -0.703. The van der Waals surface area contributed by atoms with Crippen LogP contribution in [0, 0.1) is 0 Å². The zero-order valence-corrected chi connectivity index (χ0v) is 15.6. The number of rotatable bonds is 7. The molecule has 1 aliphatic rings. The topological polar surface area (TPSA) is 90.9 Å². The van der Waals surface area contributed by atoms with Gasteiger partial charge < -0.3 is 15.3 Å². The number of benzene rings is 2. The van der Waals surface area contributed by atoms with E-state index in [1.165, 1.54) is 12.0 Å². The molecule has 1 heterocycles. The molecular formula is C21H23N3O4. The van der Waals surface area contributed by atoms with E-state index in [2.05, 4.69) is 10.8 Å². The Morgan fingerprint density at radius 1 is 1.11 bits per heavy atom. The van der Waals surface area contributed by atoms with Crippen molar-refractivity contribution in [2.24, 2.45) is 0 Å². The molecule has 28 heavy (non-hydrogen) atoms. The molecule has 0 aromatic heterocycles. The van der Waals surface area contributed by atoms with Crippen molar-refractivity contribution in [3.8, 4) is 11.1 Å². The lowest BCUT2D eigenvalue weighted by molar-refractivity contribution is -0.124. The Bertz CT molecular complexity index is 850. The summed E-state index contributed by atoms with van der Waals surface area (Å²) in [6.45, 7) is -0.0276. The van der Waals surface area contributed by atoms with Gasteiger partial charge in [0.2, 0.25) is 5.91 Å². The lowest BCUT2D eigenvalue weighted by atomic mass is 10.0. The molecule has 0 aliphatic carbocycles. The maximum Gasteiger partial charge on any atom is 0.258 e. The zero-order valence-electron chi connectivity index (χ0n) is 15.6. The first-order valence-electron chi connectivity index (χ1n) is 9.00. The third kappa shape index (κ3) is 4.39. The minimum Gasteiger partial charge on any atom is -0.395 e. The van der Waals surface area contributed by atoms with E-state index < -0.39 is 6.04 Å². The largest absolute Gasteiger partial charge is 0.395 e. The van der Waals surface area contributed by atoms with Gasteiger partial charge in [0.25, 0.3) is 5.91 Å². The van der Waals surface area contributed by atoms with Crippen LogP contribution >= 0.6 is 0 Å². The van der Waals surface area contributed by atoms with E-state index in [0.29, 0.717) is 17.7 Å². The third-order valence-corrected chi connectivity index (χ3v) is 4.46. The number of aliphatic hydroxyl groups excluding tert-OH is 1. The van der Waals surface area contributed by atoms with Gasteiger partial charge in [-0.25, -0.2) is 0 Å². The predicted molar refractivity (Wildman–Crippen MR) is 105 cm³/mol. The number of nitrogens with one attached hydrogen (secondary N) is 2. The quantitative estimate of drug-likeness (QED) is 0.635. The van der Waals surface area contributed by atoms with Crippen molar-refractivity contribution in [1.29, 1.82) is 0 Å². The summed E-state index contributed by atoms with van der Waals surface area (Å²) in [5.41, 5.74) is 5.87. The van der Waals surface area contributed by atoms with Crippen LogP contribution in [0.15, 0.2) is 66.5 Å². The summed E-state index contributed by atoms with van der Waals surface area (Å²) in [7, 11) is 1.47. The Labute approximate surface area is 163 Å². The van der Waals surface area contributed by atoms with Crippen molar-refractivity contribution >= 4 is 11.8 Å². The zero-order chi connectivity index (χ0) is 19.9. The fourth-order valence-electron chi connectivity index (χ4n) is 3.12. The van der Waals surface area contributed by atoms with E-state index in [-0.39, 0.29) is 25.0 Å². The highest BCUT2D eigenvalue weighted by molar-refractivity contribution is 5.99. The monoisotopic (exact) mass is 381 g/mol. The molecule has 3 rings (SSSR count). The van der Waals surface area contributed by atoms with Crippen molar-refractivity contribution in [2.45, 2.75) is 12.5 Å². The van der Waals surface area contributed by atoms with Crippen molar-refractivity contribution in [3.05, 3.63) is 72.1 Å². The summed E-state index contributed by atoms with van der Waals surface area (Å²) in [4.78, 5) is 31.7. The van der Waals surface area contributed by atoms with E-state index in [1.807, 2.05) is 42.5 Å². The first-order valence-corrected chi connectivity index (χ1v) is 9.00. The Morgan fingerprint density at radius 3 is 2.43 bits per heavy atom. The average Bonchev–Trinajstić information content (AvgIpc) is 3.16. The molecule has 2 aromatic rings. The maximum absolute atomic E-state index is 13.0. The Kier molecular flexibility index (Phi) is 6.41. The standard InChI is InChI=1S/C21H23N3O4/c1-28-23-18-13-19(20(26)22-11-12-25)24(14-18)21(27)17-9-7-16(8-10-17)15-5-3-2-4-6-15/h2-10,14,19,23,25H,11-13H2,1H3,(H,22,26)/t19-/m0/s1. The lowest BCUT2D eigenvalue weighted by Crippen LogP contribution is -2.45. The van der Waals surface area contributed by atoms with Gasteiger partial charge in [0, 0.05) is 24.7 Å². The van der Waals surface area contributed by atoms with Gasteiger partial charge in [-0.05, 0) is 23.3 Å². The second-order valence-electron chi connectivity index (χ2n) is 6.35. The summed E-state index contributed by atoms with van der Waals surface area (Å²) in [5, 5.41) is 11.5. The van der Waals surface area contributed by atoms with Crippen LogP contribution in [0.3, 0.4) is 0 Å². The predicted octanol–water partition coefficient (Wildman–Crippen LogP) is 1.67. The van der Waals surface area contributed by atoms with Crippen molar-refractivity contribution in [1.82, 2.24) is 15.7 Å². The highest BCUT2D eigenvalue weighted by Crippen LogP contribution is 2.24. The van der Waals surface area contributed by atoms with Crippen molar-refractivity contribution < 1.29 is 19.5 Å². The van der Waals surface area contributed by atoms with Crippen LogP contribution in [0.1, 0.15) is 16.8 Å². The second kappa shape index (κ2) is 9.16. The molecule has 0 fully saturated rings. The molecule has 2 amide bonds. The SMILES string of the molecule is CONC1=CN(C(=O)c2ccc(-c3ccccc3)cc2)[C@H](C(=O)NCCO)C1. The van der Waals surface area contributed by atoms with E-state index in [0.717, 1.165) is 11.1 Å². The molecule has 2 aromatic carbocycles. The molecule has 146 valence electrons. The molecule has 7 heteroatoms. The molecule has 1 atom stereocenters. The Morgan fingerprint density at radius 2 is 1.79 bits per heavy atom. The first-order chi connectivity index (χ1) is 13.6. The van der Waals surface area contributed by atoms with Gasteiger partial charge in [0.15, 0.2) is 0 Å². The maximum atomic E-state index is 13.0. The number of nitrogens with zero attached hydrogens (tertiary/aromatic N) is 1. The van der Waals surface area contributed by atoms with E-state index in [9.17, 15) is 9.59 Å². The highest BCUT2D eigenvalue weighted by atomic mass is 16.6. The summed E-state index contributed by atoms with van der Waals surface area (Å²) in [5.74, 6) is -0.607. The van der Waals surface area contributed by atoms with E-state index >= 15 is 0 Å². The van der Waals surface area contributed by atoms with Gasteiger partial charge in [-0.2, -0.15) is 0 Å². The molecule has 0 spiro atoms. The molecular weight excluding hydrogens is 358 g/mol. The Balaban J connectivity index is 1.80. The van der Waals surface area contributed by atoms with E-state index in [1.54, 1.807) is 18.3 Å². The van der Waals surface area contributed by atoms with Gasteiger partial charge >= 0.3 is 0 Å². The normalized spacial score (nSPS) is 15.9. The van der Waals surface area contributed by atoms with Crippen molar-refractivity contribution in [3.63, 3.8) is 0 Å². The lowest BCUT2D eigenvalue weighted by Gasteiger charge is -2.22. The highest BCUT2D eigenvalue weighted by Gasteiger charge is 2.35. The molecule has 7 nitrogen and oxygen atoms in total. The van der Waals surface area contributed by atoms with Gasteiger partial charge in [-0.15, -0.1) is 0 Å². The fourth-order valence-corrected chi connectivity index (χ4v) is 3.12. The van der Waals surface area contributed by atoms with E-state index in [4.69, 9.17) is 9.94 Å². The minimum absolute atomic E-state index is 0.135. The van der Waals surface area contributed by atoms with Gasteiger partial charge in [0.05, 0.1) is 19.4 Å². The average molecular weight is 381 g/mol. The first kappa shape index (κ1) is 19.6. The van der Waals surface area contributed by atoms with Gasteiger partial charge in [-0.1, -0.05) is 42.5 Å². The van der Waals surface area contributed by atoms with Gasteiger partial charge in [0.1, 0.15) is 6.04 Å². The number of hydrogen-bond acceptors (Lipinski definition) is 5. The molecule has 0 radical (unpaired) electrons. The molecule has 1 aliphatic heterocycles. The fraction of sp³-hybridized carbons (Fsp3) is 0.238.